The van der Waals surface area contributed by atoms with Crippen LogP contribution in [0.2, 0.25) is 0 Å². The highest BCUT2D eigenvalue weighted by Crippen LogP contribution is 2.66. The van der Waals surface area contributed by atoms with Crippen molar-refractivity contribution in [1.82, 2.24) is 0 Å². The molecule has 2 aliphatic carbocycles. The fraction of sp³-hybridized carbons (Fsp3) is 1.00. The van der Waals surface area contributed by atoms with E-state index in [1.54, 1.807) is 0 Å². The third-order valence-electron chi connectivity index (χ3n) is 4.50. The molecule has 0 amide bonds. The van der Waals surface area contributed by atoms with E-state index in [1.165, 1.54) is 0 Å². The lowest BCUT2D eigenvalue weighted by Gasteiger charge is -2.34. The summed E-state index contributed by atoms with van der Waals surface area (Å²) in [7, 11) is 0. The van der Waals surface area contributed by atoms with Crippen LogP contribution in [0.5, 0.6) is 0 Å². The van der Waals surface area contributed by atoms with Gasteiger partial charge in [-0.3, -0.25) is 0 Å². The Morgan fingerprint density at radius 3 is 2.57 bits per heavy atom. The highest BCUT2D eigenvalue weighted by molar-refractivity contribution is 5.16. The van der Waals surface area contributed by atoms with E-state index in [1.807, 2.05) is 6.92 Å². The van der Waals surface area contributed by atoms with Crippen LogP contribution in [0.3, 0.4) is 0 Å². The van der Waals surface area contributed by atoms with E-state index >= 15 is 0 Å². The first-order chi connectivity index (χ1) is 6.42. The quantitative estimate of drug-likeness (QED) is 0.388. The SMILES string of the molecule is CC1(C)[C@@H]2C[C@@H](N)[C@](C)(N=[N+]=[N-])C[C@@H]21. The molecule has 0 aromatic heterocycles. The Morgan fingerprint density at radius 1 is 1.36 bits per heavy atom. The molecular formula is C10H18N4. The van der Waals surface area contributed by atoms with E-state index in [-0.39, 0.29) is 11.6 Å². The first kappa shape index (κ1) is 9.81. The highest BCUT2D eigenvalue weighted by atomic mass is 15.2. The van der Waals surface area contributed by atoms with Crippen molar-refractivity contribution >= 4 is 0 Å². The average Bonchev–Trinajstić information content (AvgIpc) is 2.56. The van der Waals surface area contributed by atoms with Gasteiger partial charge < -0.3 is 5.73 Å². The Balaban J connectivity index is 2.21. The number of hydrogen-bond acceptors (Lipinski definition) is 2. The number of fused-ring (bicyclic) bond motifs is 1. The van der Waals surface area contributed by atoms with Crippen LogP contribution in [0.4, 0.5) is 0 Å². The van der Waals surface area contributed by atoms with Gasteiger partial charge in [0.2, 0.25) is 0 Å². The molecule has 2 rings (SSSR count). The van der Waals surface area contributed by atoms with Crippen molar-refractivity contribution in [1.29, 1.82) is 0 Å². The van der Waals surface area contributed by atoms with Crippen LogP contribution in [0.25, 0.3) is 10.4 Å². The summed E-state index contributed by atoms with van der Waals surface area (Å²) in [5.41, 5.74) is 14.7. The molecule has 2 aliphatic rings. The topological polar surface area (TPSA) is 74.8 Å². The molecule has 2 N–H and O–H groups in total. The van der Waals surface area contributed by atoms with E-state index in [0.29, 0.717) is 11.3 Å². The molecule has 0 bridgehead atoms. The van der Waals surface area contributed by atoms with Crippen LogP contribution in [0, 0.1) is 17.3 Å². The zero-order valence-electron chi connectivity index (χ0n) is 9.07. The second-order valence-corrected chi connectivity index (χ2v) is 5.63. The van der Waals surface area contributed by atoms with Crippen molar-refractivity contribution in [2.24, 2.45) is 28.1 Å². The normalized spacial score (nSPS) is 49.0. The summed E-state index contributed by atoms with van der Waals surface area (Å²) in [6.45, 7) is 6.57. The monoisotopic (exact) mass is 194 g/mol. The lowest BCUT2D eigenvalue weighted by atomic mass is 9.80. The summed E-state index contributed by atoms with van der Waals surface area (Å²) in [6.07, 6.45) is 1.96. The third-order valence-corrected chi connectivity index (χ3v) is 4.50. The van der Waals surface area contributed by atoms with Crippen LogP contribution in [-0.4, -0.2) is 11.6 Å². The Labute approximate surface area is 84.5 Å². The molecular weight excluding hydrogens is 176 g/mol. The molecule has 4 heteroatoms. The predicted octanol–water partition coefficient (Wildman–Crippen LogP) is 2.45. The number of nitrogens with two attached hydrogens (primary N) is 1. The Morgan fingerprint density at radius 2 is 2.00 bits per heavy atom. The van der Waals surface area contributed by atoms with Crippen molar-refractivity contribution in [3.63, 3.8) is 0 Å². The molecule has 0 spiro atoms. The van der Waals surface area contributed by atoms with Gasteiger partial charge in [-0.2, -0.15) is 0 Å². The number of azide groups is 1. The van der Waals surface area contributed by atoms with Gasteiger partial charge in [0.05, 0.1) is 5.54 Å². The van der Waals surface area contributed by atoms with Gasteiger partial charge in [0.15, 0.2) is 0 Å². The van der Waals surface area contributed by atoms with Crippen LogP contribution in [0.1, 0.15) is 33.6 Å². The van der Waals surface area contributed by atoms with Crippen molar-refractivity contribution < 1.29 is 0 Å². The largest absolute Gasteiger partial charge is 0.327 e. The van der Waals surface area contributed by atoms with E-state index < -0.39 is 0 Å². The molecule has 0 saturated heterocycles. The zero-order chi connectivity index (χ0) is 10.6. The molecule has 0 aliphatic heterocycles. The van der Waals surface area contributed by atoms with E-state index in [4.69, 9.17) is 11.3 Å². The molecule has 4 atom stereocenters. The first-order valence-electron chi connectivity index (χ1n) is 5.23. The zero-order valence-corrected chi connectivity index (χ0v) is 9.07. The van der Waals surface area contributed by atoms with Crippen LogP contribution in [0.15, 0.2) is 5.11 Å². The molecule has 78 valence electrons. The molecule has 14 heavy (non-hydrogen) atoms. The maximum atomic E-state index is 8.53. The minimum atomic E-state index is -0.357. The maximum Gasteiger partial charge on any atom is 0.0613 e. The molecule has 2 saturated carbocycles. The Kier molecular flexibility index (Phi) is 1.85. The second kappa shape index (κ2) is 2.65. The third kappa shape index (κ3) is 1.14. The van der Waals surface area contributed by atoms with Crippen LogP contribution >= 0.6 is 0 Å². The van der Waals surface area contributed by atoms with E-state index in [9.17, 15) is 0 Å². The summed E-state index contributed by atoms with van der Waals surface area (Å²) < 4.78 is 0. The van der Waals surface area contributed by atoms with Gasteiger partial charge in [0, 0.05) is 11.0 Å². The van der Waals surface area contributed by atoms with Crippen LogP contribution in [-0.2, 0) is 0 Å². The minimum Gasteiger partial charge on any atom is -0.327 e. The summed E-state index contributed by atoms with van der Waals surface area (Å²) >= 11 is 0. The first-order valence-corrected chi connectivity index (χ1v) is 5.23. The van der Waals surface area contributed by atoms with E-state index in [2.05, 4.69) is 23.9 Å². The van der Waals surface area contributed by atoms with Gasteiger partial charge in [-0.25, -0.2) is 0 Å². The molecule has 0 heterocycles. The van der Waals surface area contributed by atoms with Gasteiger partial charge in [-0.1, -0.05) is 25.9 Å². The molecule has 0 aromatic rings. The predicted molar refractivity (Wildman–Crippen MR) is 55.5 cm³/mol. The summed E-state index contributed by atoms with van der Waals surface area (Å²) in [5.74, 6) is 1.46. The van der Waals surface area contributed by atoms with Gasteiger partial charge in [-0.05, 0) is 35.6 Å². The van der Waals surface area contributed by atoms with Crippen molar-refractivity contribution in [2.45, 2.75) is 45.2 Å². The average molecular weight is 194 g/mol. The maximum absolute atomic E-state index is 8.53. The Hall–Kier alpha value is -0.730. The van der Waals surface area contributed by atoms with Crippen molar-refractivity contribution in [2.75, 3.05) is 0 Å². The number of rotatable bonds is 1. The molecule has 4 nitrogen and oxygen atoms in total. The van der Waals surface area contributed by atoms with Gasteiger partial charge in [0.1, 0.15) is 0 Å². The molecule has 0 unspecified atom stereocenters. The van der Waals surface area contributed by atoms with Gasteiger partial charge >= 0.3 is 0 Å². The second-order valence-electron chi connectivity index (χ2n) is 5.63. The van der Waals surface area contributed by atoms with Crippen molar-refractivity contribution in [3.8, 4) is 0 Å². The van der Waals surface area contributed by atoms with Gasteiger partial charge in [-0.15, -0.1) is 0 Å². The fourth-order valence-corrected chi connectivity index (χ4v) is 3.07. The molecule has 2 fully saturated rings. The molecule has 0 aromatic carbocycles. The van der Waals surface area contributed by atoms with Gasteiger partial charge in [0.25, 0.3) is 0 Å². The Bertz CT molecular complexity index is 305. The fourth-order valence-electron chi connectivity index (χ4n) is 3.07. The van der Waals surface area contributed by atoms with Crippen LogP contribution < -0.4 is 5.73 Å². The summed E-state index contributed by atoms with van der Waals surface area (Å²) in [5, 5.41) is 3.89. The minimum absolute atomic E-state index is 0.0291. The highest BCUT2D eigenvalue weighted by Gasteiger charge is 2.63. The smallest absolute Gasteiger partial charge is 0.0613 e. The van der Waals surface area contributed by atoms with E-state index in [0.717, 1.165) is 18.8 Å². The summed E-state index contributed by atoms with van der Waals surface area (Å²) in [4.78, 5) is 2.93. The number of nitrogens with zero attached hydrogens (tertiary/aromatic N) is 3. The summed E-state index contributed by atoms with van der Waals surface area (Å²) in [6, 6.07) is 0.0291. The lowest BCUT2D eigenvalue weighted by molar-refractivity contribution is 0.264. The molecule has 0 radical (unpaired) electrons. The standard InChI is InChI=1S/C10H18N4/c1-9(2)6-4-8(11)10(3,13-14-12)5-7(6)9/h6-8H,4-5,11H2,1-3H3/t6-,7+,8-,10-/m1/s1. The van der Waals surface area contributed by atoms with Crippen molar-refractivity contribution in [3.05, 3.63) is 10.4 Å². The lowest BCUT2D eigenvalue weighted by Crippen LogP contribution is -2.46. The number of hydrogen-bond donors (Lipinski definition) is 1.